The van der Waals surface area contributed by atoms with E-state index in [4.69, 9.17) is 0 Å². The van der Waals surface area contributed by atoms with Crippen molar-refractivity contribution in [2.24, 2.45) is 5.92 Å². The Morgan fingerprint density at radius 1 is 1.04 bits per heavy atom. The zero-order valence-corrected chi connectivity index (χ0v) is 15.9. The topological polar surface area (TPSA) is 40.5 Å². The smallest absolute Gasteiger partial charge is 0.416 e. The van der Waals surface area contributed by atoms with Gasteiger partial charge in [-0.3, -0.25) is 4.79 Å². The van der Waals surface area contributed by atoms with Gasteiger partial charge in [0, 0.05) is 12.2 Å². The molecule has 0 saturated carbocycles. The van der Waals surface area contributed by atoms with E-state index < -0.39 is 23.6 Å². The maximum absolute atomic E-state index is 12.9. The molecule has 1 N–H and O–H groups in total. The lowest BCUT2D eigenvalue weighted by Crippen LogP contribution is -2.41. The fourth-order valence-electron chi connectivity index (χ4n) is 3.75. The van der Waals surface area contributed by atoms with Crippen LogP contribution in [0.2, 0.25) is 0 Å². The first-order valence-corrected chi connectivity index (χ1v) is 9.43. The molecule has 150 valence electrons. The summed E-state index contributed by atoms with van der Waals surface area (Å²) >= 11 is 0. The highest BCUT2D eigenvalue weighted by Gasteiger charge is 2.34. The molecule has 1 aliphatic heterocycles. The standard InChI is InChI=1S/C22H24F3NO2/c1-14(2)15-5-10-19(11-6-15)26-13-17(21(27)28)7-12-20(26)16-3-8-18(9-4-16)22(23,24)25/h3-6,8-11,14,17,20H,7,12-13H2,1-2H3,(H,27,28)/t17-,20-/m1/s1. The molecule has 6 heteroatoms. The van der Waals surface area contributed by atoms with Crippen LogP contribution in [-0.2, 0) is 11.0 Å². The number of piperidine rings is 1. The number of aliphatic carboxylic acids is 1. The van der Waals surface area contributed by atoms with Crippen molar-refractivity contribution < 1.29 is 23.1 Å². The lowest BCUT2D eigenvalue weighted by atomic mass is 9.88. The van der Waals surface area contributed by atoms with Crippen molar-refractivity contribution in [1.29, 1.82) is 0 Å². The van der Waals surface area contributed by atoms with Gasteiger partial charge >= 0.3 is 12.1 Å². The summed E-state index contributed by atoms with van der Waals surface area (Å²) in [5, 5.41) is 9.45. The van der Waals surface area contributed by atoms with Crippen LogP contribution in [0.1, 0.15) is 55.3 Å². The Morgan fingerprint density at radius 2 is 1.64 bits per heavy atom. The first-order chi connectivity index (χ1) is 13.2. The molecule has 2 atom stereocenters. The van der Waals surface area contributed by atoms with Gasteiger partial charge in [-0.1, -0.05) is 38.1 Å². The van der Waals surface area contributed by atoms with Crippen LogP contribution in [0.15, 0.2) is 48.5 Å². The first kappa shape index (κ1) is 20.2. The molecular formula is C22H24F3NO2. The molecule has 0 amide bonds. The Morgan fingerprint density at radius 3 is 2.14 bits per heavy atom. The summed E-state index contributed by atoms with van der Waals surface area (Å²) in [4.78, 5) is 13.5. The number of halogens is 3. The third-order valence-electron chi connectivity index (χ3n) is 5.45. The molecule has 0 bridgehead atoms. The number of carboxylic acids is 1. The van der Waals surface area contributed by atoms with Gasteiger partial charge in [-0.05, 0) is 54.2 Å². The predicted molar refractivity (Wildman–Crippen MR) is 102 cm³/mol. The molecule has 1 saturated heterocycles. The zero-order chi connectivity index (χ0) is 20.5. The monoisotopic (exact) mass is 391 g/mol. The number of carbonyl (C=O) groups is 1. The summed E-state index contributed by atoms with van der Waals surface area (Å²) in [6, 6.07) is 13.0. The third kappa shape index (κ3) is 4.32. The zero-order valence-electron chi connectivity index (χ0n) is 15.9. The second-order valence-corrected chi connectivity index (χ2v) is 7.65. The summed E-state index contributed by atoms with van der Waals surface area (Å²) in [6.07, 6.45) is -3.29. The molecule has 1 aliphatic rings. The van der Waals surface area contributed by atoms with E-state index in [9.17, 15) is 23.1 Å². The number of rotatable bonds is 4. The molecule has 0 radical (unpaired) electrons. The van der Waals surface area contributed by atoms with E-state index in [1.165, 1.54) is 17.7 Å². The molecule has 1 fully saturated rings. The van der Waals surface area contributed by atoms with Crippen molar-refractivity contribution >= 4 is 11.7 Å². The van der Waals surface area contributed by atoms with Gasteiger partial charge in [-0.25, -0.2) is 0 Å². The van der Waals surface area contributed by atoms with Crippen LogP contribution in [0, 0.1) is 5.92 Å². The van der Waals surface area contributed by atoms with Crippen molar-refractivity contribution in [3.05, 3.63) is 65.2 Å². The minimum absolute atomic E-state index is 0.150. The predicted octanol–water partition coefficient (Wildman–Crippen LogP) is 5.87. The number of benzene rings is 2. The highest BCUT2D eigenvalue weighted by Crippen LogP contribution is 2.38. The van der Waals surface area contributed by atoms with Crippen LogP contribution in [0.25, 0.3) is 0 Å². The van der Waals surface area contributed by atoms with Crippen molar-refractivity contribution in [2.75, 3.05) is 11.4 Å². The molecule has 0 aromatic heterocycles. The van der Waals surface area contributed by atoms with E-state index >= 15 is 0 Å². The highest BCUT2D eigenvalue weighted by atomic mass is 19.4. The number of hydrogen-bond donors (Lipinski definition) is 1. The minimum Gasteiger partial charge on any atom is -0.481 e. The van der Waals surface area contributed by atoms with Crippen LogP contribution in [0.5, 0.6) is 0 Å². The second-order valence-electron chi connectivity index (χ2n) is 7.65. The maximum Gasteiger partial charge on any atom is 0.416 e. The van der Waals surface area contributed by atoms with Crippen LogP contribution < -0.4 is 4.90 Å². The molecule has 0 aliphatic carbocycles. The number of carboxylic acid groups (broad SMARTS) is 1. The SMILES string of the molecule is CC(C)c1ccc(N2C[C@H](C(=O)O)CC[C@@H]2c2ccc(C(F)(F)F)cc2)cc1. The fourth-order valence-corrected chi connectivity index (χ4v) is 3.75. The number of hydrogen-bond acceptors (Lipinski definition) is 2. The van der Waals surface area contributed by atoms with Crippen molar-refractivity contribution in [3.8, 4) is 0 Å². The van der Waals surface area contributed by atoms with Gasteiger partial charge in [0.2, 0.25) is 0 Å². The average molecular weight is 391 g/mol. The summed E-state index contributed by atoms with van der Waals surface area (Å²) in [7, 11) is 0. The Labute approximate surface area is 162 Å². The number of nitrogens with zero attached hydrogens (tertiary/aromatic N) is 1. The minimum atomic E-state index is -4.37. The van der Waals surface area contributed by atoms with E-state index in [0.29, 0.717) is 25.3 Å². The molecule has 3 rings (SSSR count). The lowest BCUT2D eigenvalue weighted by molar-refractivity contribution is -0.142. The van der Waals surface area contributed by atoms with Crippen molar-refractivity contribution in [2.45, 2.75) is 44.8 Å². The summed E-state index contributed by atoms with van der Waals surface area (Å²) in [5.74, 6) is -0.946. The van der Waals surface area contributed by atoms with E-state index in [1.54, 1.807) is 0 Å². The Bertz CT molecular complexity index is 813. The summed E-state index contributed by atoms with van der Waals surface area (Å²) < 4.78 is 38.6. The highest BCUT2D eigenvalue weighted by molar-refractivity contribution is 5.71. The molecule has 0 unspecified atom stereocenters. The van der Waals surface area contributed by atoms with E-state index in [0.717, 1.165) is 23.4 Å². The maximum atomic E-state index is 12.9. The van der Waals surface area contributed by atoms with E-state index in [1.807, 2.05) is 29.2 Å². The van der Waals surface area contributed by atoms with Crippen LogP contribution in [0.4, 0.5) is 18.9 Å². The largest absolute Gasteiger partial charge is 0.481 e. The van der Waals surface area contributed by atoms with Crippen LogP contribution in [0.3, 0.4) is 0 Å². The molecule has 2 aromatic rings. The Balaban J connectivity index is 1.92. The molecule has 1 heterocycles. The Hall–Kier alpha value is -2.50. The molecule has 3 nitrogen and oxygen atoms in total. The molecule has 28 heavy (non-hydrogen) atoms. The number of anilines is 1. The summed E-state index contributed by atoms with van der Waals surface area (Å²) in [5.41, 5.74) is 2.16. The van der Waals surface area contributed by atoms with Gasteiger partial charge in [0.05, 0.1) is 17.5 Å². The van der Waals surface area contributed by atoms with E-state index in [-0.39, 0.29) is 6.04 Å². The fraction of sp³-hybridized carbons (Fsp3) is 0.409. The lowest BCUT2D eigenvalue weighted by Gasteiger charge is -2.40. The summed E-state index contributed by atoms with van der Waals surface area (Å²) in [6.45, 7) is 4.53. The van der Waals surface area contributed by atoms with Gasteiger partial charge < -0.3 is 10.0 Å². The average Bonchev–Trinajstić information content (AvgIpc) is 2.67. The molecular weight excluding hydrogens is 367 g/mol. The van der Waals surface area contributed by atoms with Gasteiger partial charge in [0.1, 0.15) is 0 Å². The quantitative estimate of drug-likeness (QED) is 0.708. The normalized spacial score (nSPS) is 20.4. The van der Waals surface area contributed by atoms with Gasteiger partial charge in [0.15, 0.2) is 0 Å². The van der Waals surface area contributed by atoms with Crippen molar-refractivity contribution in [1.82, 2.24) is 0 Å². The molecule has 2 aromatic carbocycles. The van der Waals surface area contributed by atoms with Gasteiger partial charge in [-0.15, -0.1) is 0 Å². The van der Waals surface area contributed by atoms with Crippen LogP contribution in [-0.4, -0.2) is 17.6 Å². The van der Waals surface area contributed by atoms with Crippen molar-refractivity contribution in [3.63, 3.8) is 0 Å². The first-order valence-electron chi connectivity index (χ1n) is 9.43. The molecule has 0 spiro atoms. The second kappa shape index (κ2) is 7.86. The van der Waals surface area contributed by atoms with Crippen LogP contribution >= 0.6 is 0 Å². The van der Waals surface area contributed by atoms with Gasteiger partial charge in [0.25, 0.3) is 0 Å². The van der Waals surface area contributed by atoms with E-state index in [2.05, 4.69) is 13.8 Å². The van der Waals surface area contributed by atoms with Gasteiger partial charge in [-0.2, -0.15) is 13.2 Å². The Kier molecular flexibility index (Phi) is 5.68. The number of alkyl halides is 3. The third-order valence-corrected chi connectivity index (χ3v) is 5.45.